The first-order valence-electron chi connectivity index (χ1n) is 4.53. The van der Waals surface area contributed by atoms with E-state index in [0.717, 1.165) is 0 Å². The maximum absolute atomic E-state index is 13.0. The van der Waals surface area contributed by atoms with Crippen molar-refractivity contribution >= 4 is 0 Å². The van der Waals surface area contributed by atoms with Crippen LogP contribution in [0.3, 0.4) is 0 Å². The summed E-state index contributed by atoms with van der Waals surface area (Å²) in [4.78, 5) is 0. The third kappa shape index (κ3) is 4.57. The standard InChI is InChI=1S/C9H16F2N2.U/c1-7(2)12-5-3-8-9(10,11)4-6-13-8;/h7-8,12-13H,1-6H2;/q-2;+2. The summed E-state index contributed by atoms with van der Waals surface area (Å²) in [5.41, 5.74) is 0. The molecule has 0 amide bonds. The molecule has 1 aliphatic rings. The maximum atomic E-state index is 13.0. The van der Waals surface area contributed by atoms with Crippen LogP contribution in [-0.4, -0.2) is 31.1 Å². The smallest absolute Gasteiger partial charge is 0.372 e. The Bertz CT molecular complexity index is 165. The molecule has 0 radical (unpaired) electrons. The third-order valence-electron chi connectivity index (χ3n) is 2.22. The van der Waals surface area contributed by atoms with Gasteiger partial charge in [-0.15, -0.1) is 0 Å². The summed E-state index contributed by atoms with van der Waals surface area (Å²) in [6, 6.07) is -0.811. The summed E-state index contributed by atoms with van der Waals surface area (Å²) in [6.45, 7) is 8.16. The second kappa shape index (κ2) is 6.42. The molecule has 0 aromatic carbocycles. The van der Waals surface area contributed by atoms with Crippen molar-refractivity contribution in [3.05, 3.63) is 13.8 Å². The normalized spacial score (nSPS) is 25.1. The van der Waals surface area contributed by atoms with Crippen LogP contribution >= 0.6 is 0 Å². The number of hydrogen-bond donors (Lipinski definition) is 2. The van der Waals surface area contributed by atoms with E-state index in [-0.39, 0.29) is 43.6 Å². The van der Waals surface area contributed by atoms with E-state index in [1.807, 2.05) is 0 Å². The summed E-state index contributed by atoms with van der Waals surface area (Å²) >= 11 is 0. The molecule has 2 N–H and O–H groups in total. The molecular formula is C9H16F2N2U. The van der Waals surface area contributed by atoms with Crippen LogP contribution < -0.4 is 10.6 Å². The average Bonchev–Trinajstić information content (AvgIpc) is 2.30. The van der Waals surface area contributed by atoms with Crippen LogP contribution in [0.15, 0.2) is 0 Å². The maximum Gasteiger partial charge on any atom is 2.00 e. The number of halogens is 2. The molecule has 1 aliphatic heterocycles. The second-order valence-corrected chi connectivity index (χ2v) is 3.46. The summed E-state index contributed by atoms with van der Waals surface area (Å²) in [6.07, 6.45) is 0.379. The minimum absolute atomic E-state index is 0. The van der Waals surface area contributed by atoms with Gasteiger partial charge in [-0.3, -0.25) is 6.04 Å². The Kier molecular flexibility index (Phi) is 6.80. The fourth-order valence-corrected chi connectivity index (χ4v) is 1.48. The van der Waals surface area contributed by atoms with Gasteiger partial charge in [0.15, 0.2) is 0 Å². The first-order valence-corrected chi connectivity index (χ1v) is 4.53. The van der Waals surface area contributed by atoms with Crippen molar-refractivity contribution in [1.82, 2.24) is 10.6 Å². The van der Waals surface area contributed by atoms with Gasteiger partial charge in [0, 0.05) is 13.0 Å². The van der Waals surface area contributed by atoms with Crippen LogP contribution in [0.25, 0.3) is 0 Å². The van der Waals surface area contributed by atoms with E-state index < -0.39 is 12.0 Å². The van der Waals surface area contributed by atoms with Gasteiger partial charge in [0.2, 0.25) is 0 Å². The van der Waals surface area contributed by atoms with Gasteiger partial charge in [-0.05, 0) is 13.0 Å². The van der Waals surface area contributed by atoms with Crippen LogP contribution in [0, 0.1) is 45.0 Å². The molecule has 0 aliphatic carbocycles. The topological polar surface area (TPSA) is 24.1 Å². The molecule has 1 heterocycles. The quantitative estimate of drug-likeness (QED) is 0.654. The van der Waals surface area contributed by atoms with Crippen molar-refractivity contribution in [2.45, 2.75) is 30.8 Å². The van der Waals surface area contributed by atoms with Gasteiger partial charge in [0.05, 0.1) is 6.04 Å². The predicted octanol–water partition coefficient (Wildman–Crippen LogP) is 1.00. The van der Waals surface area contributed by atoms with Crippen molar-refractivity contribution in [2.24, 2.45) is 0 Å². The Morgan fingerprint density at radius 1 is 1.50 bits per heavy atom. The van der Waals surface area contributed by atoms with Gasteiger partial charge in [-0.2, -0.15) is 0 Å². The van der Waals surface area contributed by atoms with Gasteiger partial charge in [-0.25, -0.2) is 8.78 Å². The molecule has 0 aromatic rings. The molecule has 0 bridgehead atoms. The molecule has 0 saturated carbocycles. The third-order valence-corrected chi connectivity index (χ3v) is 2.22. The first kappa shape index (κ1) is 14.8. The van der Waals surface area contributed by atoms with Crippen LogP contribution in [0.4, 0.5) is 8.78 Å². The van der Waals surface area contributed by atoms with Gasteiger partial charge < -0.3 is 24.5 Å². The summed E-state index contributed by atoms with van der Waals surface area (Å²) in [5.74, 6) is -2.54. The Morgan fingerprint density at radius 3 is 2.57 bits per heavy atom. The molecule has 5 heteroatoms. The SMILES string of the molecule is [CH2-]C([CH2-])NCCC1NCCC1(F)F.[U+2]. The Labute approximate surface area is 108 Å². The van der Waals surface area contributed by atoms with Crippen LogP contribution in [0.5, 0.6) is 0 Å². The first-order chi connectivity index (χ1) is 6.02. The minimum atomic E-state index is -2.54. The number of nitrogens with one attached hydrogen (secondary N) is 2. The second-order valence-electron chi connectivity index (χ2n) is 3.46. The van der Waals surface area contributed by atoms with Crippen LogP contribution in [-0.2, 0) is 0 Å². The molecule has 14 heavy (non-hydrogen) atoms. The Morgan fingerprint density at radius 2 is 2.14 bits per heavy atom. The largest absolute Gasteiger partial charge is 2.00 e. The molecule has 1 saturated heterocycles. The summed E-state index contributed by atoms with van der Waals surface area (Å²) < 4.78 is 26.0. The molecule has 1 unspecified atom stereocenters. The van der Waals surface area contributed by atoms with Gasteiger partial charge in [-0.1, -0.05) is 0 Å². The van der Waals surface area contributed by atoms with E-state index in [1.54, 1.807) is 0 Å². The average molecular weight is 428 g/mol. The van der Waals surface area contributed by atoms with Gasteiger partial charge in [0.1, 0.15) is 0 Å². The van der Waals surface area contributed by atoms with E-state index in [2.05, 4.69) is 24.5 Å². The molecule has 0 spiro atoms. The zero-order valence-corrected chi connectivity index (χ0v) is 12.3. The monoisotopic (exact) mass is 428 g/mol. The molecule has 1 rings (SSSR count). The van der Waals surface area contributed by atoms with E-state index in [9.17, 15) is 8.78 Å². The predicted molar refractivity (Wildman–Crippen MR) is 48.5 cm³/mol. The van der Waals surface area contributed by atoms with E-state index in [1.165, 1.54) is 0 Å². The van der Waals surface area contributed by atoms with Crippen molar-refractivity contribution in [1.29, 1.82) is 0 Å². The van der Waals surface area contributed by atoms with Crippen LogP contribution in [0.2, 0.25) is 0 Å². The summed E-state index contributed by atoms with van der Waals surface area (Å²) in [7, 11) is 0. The van der Waals surface area contributed by atoms with Crippen molar-refractivity contribution in [3.63, 3.8) is 0 Å². The van der Waals surface area contributed by atoms with Crippen LogP contribution in [0.1, 0.15) is 12.8 Å². The molecule has 0 aromatic heterocycles. The van der Waals surface area contributed by atoms with Gasteiger partial charge in [0.25, 0.3) is 5.92 Å². The number of hydrogen-bond acceptors (Lipinski definition) is 2. The molecule has 2 nitrogen and oxygen atoms in total. The Balaban J connectivity index is 0.00000169. The number of rotatable bonds is 4. The zero-order valence-electron chi connectivity index (χ0n) is 8.15. The van der Waals surface area contributed by atoms with E-state index >= 15 is 0 Å². The van der Waals surface area contributed by atoms with E-state index in [4.69, 9.17) is 0 Å². The number of alkyl halides is 2. The van der Waals surface area contributed by atoms with Crippen molar-refractivity contribution < 1.29 is 39.9 Å². The summed E-state index contributed by atoms with van der Waals surface area (Å²) in [5, 5.41) is 5.70. The zero-order chi connectivity index (χ0) is 9.90. The minimum Gasteiger partial charge on any atom is -0.372 e. The fourth-order valence-electron chi connectivity index (χ4n) is 1.48. The molecular weight excluding hydrogens is 412 g/mol. The molecule has 1 fully saturated rings. The van der Waals surface area contributed by atoms with Crippen molar-refractivity contribution in [2.75, 3.05) is 13.1 Å². The fraction of sp³-hybridized carbons (Fsp3) is 0.778. The Hall–Kier alpha value is 0.832. The van der Waals surface area contributed by atoms with Gasteiger partial charge >= 0.3 is 31.1 Å². The molecule has 1 atom stereocenters. The van der Waals surface area contributed by atoms with E-state index in [0.29, 0.717) is 19.5 Å². The molecule has 80 valence electrons. The van der Waals surface area contributed by atoms with Crippen molar-refractivity contribution in [3.8, 4) is 0 Å².